The lowest BCUT2D eigenvalue weighted by Crippen LogP contribution is -2.45. The summed E-state index contributed by atoms with van der Waals surface area (Å²) in [5.74, 6) is 0.830. The van der Waals surface area contributed by atoms with Gasteiger partial charge in [-0.1, -0.05) is 0 Å². The molecule has 1 aromatic rings. The standard InChI is InChI=1S/C15H26N4O3/c1-10-17-11(8-18(10)5)12(16)15(21)6-7-19(9-15)13(20)22-14(2,3)4/h8,12,21H,6-7,9,16H2,1-5H3. The second-order valence-electron chi connectivity index (χ2n) is 7.06. The van der Waals surface area contributed by atoms with E-state index in [0.29, 0.717) is 18.7 Å². The minimum atomic E-state index is -1.18. The van der Waals surface area contributed by atoms with Crippen LogP contribution in [-0.4, -0.2) is 49.9 Å². The Morgan fingerprint density at radius 1 is 1.55 bits per heavy atom. The lowest BCUT2D eigenvalue weighted by Gasteiger charge is -2.29. The number of hydrogen-bond donors (Lipinski definition) is 2. The molecule has 1 amide bonds. The van der Waals surface area contributed by atoms with Gasteiger partial charge in [0.1, 0.15) is 17.0 Å². The normalized spacial score (nSPS) is 23.7. The van der Waals surface area contributed by atoms with Gasteiger partial charge in [-0.3, -0.25) is 0 Å². The van der Waals surface area contributed by atoms with E-state index < -0.39 is 23.3 Å². The van der Waals surface area contributed by atoms with Crippen molar-refractivity contribution in [1.82, 2.24) is 14.5 Å². The molecule has 22 heavy (non-hydrogen) atoms. The largest absolute Gasteiger partial charge is 0.444 e. The Balaban J connectivity index is 2.08. The van der Waals surface area contributed by atoms with Crippen molar-refractivity contribution < 1.29 is 14.6 Å². The van der Waals surface area contributed by atoms with Crippen molar-refractivity contribution in [2.24, 2.45) is 12.8 Å². The number of rotatable bonds is 2. The zero-order chi connectivity index (χ0) is 16.7. The van der Waals surface area contributed by atoms with Crippen molar-refractivity contribution in [3.05, 3.63) is 17.7 Å². The summed E-state index contributed by atoms with van der Waals surface area (Å²) in [5.41, 5.74) is 5.09. The number of ether oxygens (including phenoxy) is 1. The van der Waals surface area contributed by atoms with Crippen LogP contribution in [0.15, 0.2) is 6.20 Å². The van der Waals surface area contributed by atoms with Gasteiger partial charge in [-0.05, 0) is 34.1 Å². The molecule has 1 aromatic heterocycles. The maximum Gasteiger partial charge on any atom is 0.410 e. The number of hydrogen-bond acceptors (Lipinski definition) is 5. The first-order chi connectivity index (χ1) is 10.0. The molecule has 1 aliphatic rings. The van der Waals surface area contributed by atoms with Gasteiger partial charge in [-0.15, -0.1) is 0 Å². The Kier molecular flexibility index (Phi) is 4.23. The van der Waals surface area contributed by atoms with Crippen LogP contribution in [0.1, 0.15) is 44.8 Å². The summed E-state index contributed by atoms with van der Waals surface area (Å²) in [6.45, 7) is 7.90. The highest BCUT2D eigenvalue weighted by Crippen LogP contribution is 2.32. The minimum absolute atomic E-state index is 0.151. The number of β-amino-alcohol motifs (C(OH)–C–C–N with tert-alkyl or cyclic N) is 1. The van der Waals surface area contributed by atoms with E-state index in [-0.39, 0.29) is 6.54 Å². The minimum Gasteiger partial charge on any atom is -0.444 e. The lowest BCUT2D eigenvalue weighted by atomic mass is 9.92. The van der Waals surface area contributed by atoms with E-state index in [4.69, 9.17) is 10.5 Å². The molecule has 0 bridgehead atoms. The van der Waals surface area contributed by atoms with Crippen LogP contribution in [0.25, 0.3) is 0 Å². The molecule has 3 N–H and O–H groups in total. The molecular weight excluding hydrogens is 284 g/mol. The summed E-state index contributed by atoms with van der Waals surface area (Å²) in [5, 5.41) is 10.8. The molecule has 7 heteroatoms. The number of aromatic nitrogens is 2. The third-order valence-corrected chi connectivity index (χ3v) is 3.96. The van der Waals surface area contributed by atoms with Crippen LogP contribution >= 0.6 is 0 Å². The zero-order valence-electron chi connectivity index (χ0n) is 14.0. The topological polar surface area (TPSA) is 93.6 Å². The van der Waals surface area contributed by atoms with Gasteiger partial charge in [-0.2, -0.15) is 0 Å². The number of nitrogens with zero attached hydrogens (tertiary/aromatic N) is 3. The fraction of sp³-hybridized carbons (Fsp3) is 0.733. The second kappa shape index (κ2) is 5.55. The molecule has 1 saturated heterocycles. The van der Waals surface area contributed by atoms with Crippen molar-refractivity contribution >= 4 is 6.09 Å². The Labute approximate surface area is 131 Å². The highest BCUT2D eigenvalue weighted by molar-refractivity contribution is 5.68. The molecule has 1 fully saturated rings. The lowest BCUT2D eigenvalue weighted by molar-refractivity contribution is 0.00447. The first kappa shape index (κ1) is 16.8. The highest BCUT2D eigenvalue weighted by Gasteiger charge is 2.45. The van der Waals surface area contributed by atoms with Crippen LogP contribution < -0.4 is 5.73 Å². The molecule has 0 aliphatic carbocycles. The van der Waals surface area contributed by atoms with Crippen LogP contribution in [0.4, 0.5) is 4.79 Å². The van der Waals surface area contributed by atoms with Crippen LogP contribution in [-0.2, 0) is 11.8 Å². The number of nitrogens with two attached hydrogens (primary N) is 1. The summed E-state index contributed by atoms with van der Waals surface area (Å²) in [6, 6.07) is -0.639. The van der Waals surface area contributed by atoms with E-state index in [1.165, 1.54) is 4.90 Å². The predicted molar refractivity (Wildman–Crippen MR) is 82.2 cm³/mol. The molecule has 0 saturated carbocycles. The van der Waals surface area contributed by atoms with Gasteiger partial charge < -0.3 is 25.0 Å². The molecular formula is C15H26N4O3. The summed E-state index contributed by atoms with van der Waals surface area (Å²) in [6.07, 6.45) is 1.80. The van der Waals surface area contributed by atoms with Crippen LogP contribution in [0, 0.1) is 6.92 Å². The van der Waals surface area contributed by atoms with Gasteiger partial charge >= 0.3 is 6.09 Å². The molecule has 2 rings (SSSR count). The molecule has 2 atom stereocenters. The summed E-state index contributed by atoms with van der Waals surface area (Å²) >= 11 is 0. The Bertz CT molecular complexity index is 544. The molecule has 0 aromatic carbocycles. The predicted octanol–water partition coefficient (Wildman–Crippen LogP) is 1.10. The first-order valence-electron chi connectivity index (χ1n) is 7.47. The van der Waals surface area contributed by atoms with Crippen LogP contribution in [0.5, 0.6) is 0 Å². The van der Waals surface area contributed by atoms with Gasteiger partial charge in [0.25, 0.3) is 0 Å². The molecule has 2 heterocycles. The maximum atomic E-state index is 12.1. The van der Waals surface area contributed by atoms with E-state index in [0.717, 1.165) is 5.82 Å². The molecule has 7 nitrogen and oxygen atoms in total. The Morgan fingerprint density at radius 3 is 2.68 bits per heavy atom. The highest BCUT2D eigenvalue weighted by atomic mass is 16.6. The quantitative estimate of drug-likeness (QED) is 0.853. The van der Waals surface area contributed by atoms with Crippen LogP contribution in [0.3, 0.4) is 0 Å². The van der Waals surface area contributed by atoms with Crippen molar-refractivity contribution in [2.45, 2.75) is 51.4 Å². The van der Waals surface area contributed by atoms with E-state index >= 15 is 0 Å². The zero-order valence-corrected chi connectivity index (χ0v) is 14.0. The van der Waals surface area contributed by atoms with Crippen molar-refractivity contribution in [2.75, 3.05) is 13.1 Å². The number of carbonyl (C=O) groups is 1. The van der Waals surface area contributed by atoms with Gasteiger partial charge in [0, 0.05) is 19.8 Å². The van der Waals surface area contributed by atoms with Gasteiger partial charge in [0.05, 0.1) is 18.3 Å². The molecule has 124 valence electrons. The van der Waals surface area contributed by atoms with E-state index in [9.17, 15) is 9.90 Å². The van der Waals surface area contributed by atoms with Gasteiger partial charge in [-0.25, -0.2) is 9.78 Å². The smallest absolute Gasteiger partial charge is 0.410 e. The van der Waals surface area contributed by atoms with Crippen molar-refractivity contribution in [1.29, 1.82) is 0 Å². The third kappa shape index (κ3) is 3.41. The fourth-order valence-electron chi connectivity index (χ4n) is 2.56. The molecule has 2 unspecified atom stereocenters. The SMILES string of the molecule is Cc1nc(C(N)C2(O)CCN(C(=O)OC(C)(C)C)C2)cn1C. The van der Waals surface area contributed by atoms with E-state index in [1.807, 2.05) is 45.5 Å². The summed E-state index contributed by atoms with van der Waals surface area (Å²) in [7, 11) is 1.88. The van der Waals surface area contributed by atoms with Crippen LogP contribution in [0.2, 0.25) is 0 Å². The van der Waals surface area contributed by atoms with Gasteiger partial charge in [0.15, 0.2) is 0 Å². The van der Waals surface area contributed by atoms with Crippen molar-refractivity contribution in [3.63, 3.8) is 0 Å². The number of carbonyl (C=O) groups excluding carboxylic acids is 1. The average molecular weight is 310 g/mol. The van der Waals surface area contributed by atoms with Crippen molar-refractivity contribution in [3.8, 4) is 0 Å². The van der Waals surface area contributed by atoms with Gasteiger partial charge in [0.2, 0.25) is 0 Å². The summed E-state index contributed by atoms with van der Waals surface area (Å²) in [4.78, 5) is 18.0. The fourth-order valence-corrected chi connectivity index (χ4v) is 2.56. The molecule has 0 radical (unpaired) electrons. The first-order valence-corrected chi connectivity index (χ1v) is 7.47. The maximum absolute atomic E-state index is 12.1. The Hall–Kier alpha value is -1.60. The summed E-state index contributed by atoms with van der Waals surface area (Å²) < 4.78 is 7.20. The monoisotopic (exact) mass is 310 g/mol. The number of aliphatic hydroxyl groups is 1. The van der Waals surface area contributed by atoms with E-state index in [1.54, 1.807) is 0 Å². The second-order valence-corrected chi connectivity index (χ2v) is 7.06. The Morgan fingerprint density at radius 2 is 2.18 bits per heavy atom. The third-order valence-electron chi connectivity index (χ3n) is 3.96. The number of amides is 1. The molecule has 1 aliphatic heterocycles. The van der Waals surface area contributed by atoms with E-state index in [2.05, 4.69) is 4.98 Å². The number of aryl methyl sites for hydroxylation is 2. The number of likely N-dealkylation sites (tertiary alicyclic amines) is 1. The molecule has 0 spiro atoms. The average Bonchev–Trinajstić information content (AvgIpc) is 2.92. The number of imidazole rings is 1.